The van der Waals surface area contributed by atoms with Crippen molar-refractivity contribution >= 4 is 28.2 Å². The minimum absolute atomic E-state index is 0.0791. The number of hydrogen-bond acceptors (Lipinski definition) is 6. The normalized spacial score (nSPS) is 10.9. The van der Waals surface area contributed by atoms with Crippen molar-refractivity contribution in [1.82, 2.24) is 14.5 Å². The third kappa shape index (κ3) is 4.02. The summed E-state index contributed by atoms with van der Waals surface area (Å²) in [5, 5.41) is 2.84. The summed E-state index contributed by atoms with van der Waals surface area (Å²) in [6.45, 7) is 0.231. The van der Waals surface area contributed by atoms with Gasteiger partial charge in [0, 0.05) is 17.5 Å². The third-order valence-corrected chi connectivity index (χ3v) is 5.27. The van der Waals surface area contributed by atoms with Crippen LogP contribution in [0.5, 0.6) is 0 Å². The van der Waals surface area contributed by atoms with Gasteiger partial charge in [0.1, 0.15) is 5.01 Å². The van der Waals surface area contributed by atoms with E-state index in [2.05, 4.69) is 9.97 Å². The highest BCUT2D eigenvalue weighted by molar-refractivity contribution is 7.13. The molecule has 0 radical (unpaired) electrons. The lowest BCUT2D eigenvalue weighted by Crippen LogP contribution is -2.35. The molecule has 4 rings (SSSR count). The predicted octanol–water partition coefficient (Wildman–Crippen LogP) is 3.06. The number of esters is 1. The van der Waals surface area contributed by atoms with Crippen molar-refractivity contribution in [2.45, 2.75) is 13.0 Å². The number of benzene rings is 2. The number of carbonyl (C=O) groups excluding carboxylic acids is 1. The van der Waals surface area contributed by atoms with Gasteiger partial charge in [-0.25, -0.2) is 14.6 Å². The standard InChI is InChI=1S/C21H17N3O4S/c25-19-15-9-4-5-10-16(15)23-21(27)24(19)11-6-12-28-20(26)17-13-29-18(22-17)14-7-2-1-3-8-14/h1-5,7-10,13H,6,11-12H2,(H,23,27). The largest absolute Gasteiger partial charge is 0.461 e. The minimum atomic E-state index is -0.525. The minimum Gasteiger partial charge on any atom is -0.461 e. The second-order valence-corrected chi connectivity index (χ2v) is 7.18. The van der Waals surface area contributed by atoms with Crippen LogP contribution < -0.4 is 11.2 Å². The molecule has 2 heterocycles. The van der Waals surface area contributed by atoms with E-state index in [1.807, 2.05) is 30.3 Å². The van der Waals surface area contributed by atoms with E-state index in [9.17, 15) is 14.4 Å². The van der Waals surface area contributed by atoms with Gasteiger partial charge in [-0.2, -0.15) is 0 Å². The van der Waals surface area contributed by atoms with E-state index in [-0.39, 0.29) is 24.4 Å². The van der Waals surface area contributed by atoms with Crippen LogP contribution in [-0.2, 0) is 11.3 Å². The molecular formula is C21H17N3O4S. The Hall–Kier alpha value is -3.52. The zero-order valence-corrected chi connectivity index (χ0v) is 16.1. The number of para-hydroxylation sites is 1. The molecule has 0 spiro atoms. The number of rotatable bonds is 6. The third-order valence-electron chi connectivity index (χ3n) is 4.38. The molecule has 0 aliphatic carbocycles. The lowest BCUT2D eigenvalue weighted by Gasteiger charge is -2.07. The molecule has 0 atom stereocenters. The number of aromatic nitrogens is 3. The van der Waals surface area contributed by atoms with Gasteiger partial charge in [-0.1, -0.05) is 42.5 Å². The maximum absolute atomic E-state index is 12.5. The van der Waals surface area contributed by atoms with Crippen molar-refractivity contribution in [3.05, 3.63) is 86.5 Å². The lowest BCUT2D eigenvalue weighted by atomic mass is 10.2. The van der Waals surface area contributed by atoms with E-state index < -0.39 is 11.7 Å². The second-order valence-electron chi connectivity index (χ2n) is 6.33. The molecule has 4 aromatic rings. The summed E-state index contributed by atoms with van der Waals surface area (Å²) in [4.78, 5) is 43.8. The SMILES string of the molecule is O=C(OCCCn1c(=O)[nH]c2ccccc2c1=O)c1csc(-c2ccccc2)n1. The number of hydrogen-bond donors (Lipinski definition) is 1. The summed E-state index contributed by atoms with van der Waals surface area (Å²) in [5.41, 5.74) is 0.846. The molecule has 7 nitrogen and oxygen atoms in total. The highest BCUT2D eigenvalue weighted by Crippen LogP contribution is 2.23. The number of thiazole rings is 1. The molecule has 146 valence electrons. The van der Waals surface area contributed by atoms with Crippen molar-refractivity contribution < 1.29 is 9.53 Å². The highest BCUT2D eigenvalue weighted by atomic mass is 32.1. The van der Waals surface area contributed by atoms with Crippen LogP contribution in [0.3, 0.4) is 0 Å². The number of fused-ring (bicyclic) bond motifs is 1. The monoisotopic (exact) mass is 407 g/mol. The van der Waals surface area contributed by atoms with Crippen LogP contribution >= 0.6 is 11.3 Å². The van der Waals surface area contributed by atoms with E-state index in [1.165, 1.54) is 11.3 Å². The van der Waals surface area contributed by atoms with Crippen LogP contribution in [0.15, 0.2) is 69.6 Å². The van der Waals surface area contributed by atoms with Crippen LogP contribution in [0, 0.1) is 0 Å². The average molecular weight is 407 g/mol. The molecule has 1 N–H and O–H groups in total. The van der Waals surface area contributed by atoms with Crippen LogP contribution in [0.25, 0.3) is 21.5 Å². The number of aromatic amines is 1. The van der Waals surface area contributed by atoms with Crippen molar-refractivity contribution in [3.8, 4) is 10.6 Å². The Kier molecular flexibility index (Phi) is 5.35. The summed E-state index contributed by atoms with van der Waals surface area (Å²) >= 11 is 1.37. The van der Waals surface area contributed by atoms with Crippen LogP contribution in [0.2, 0.25) is 0 Å². The van der Waals surface area contributed by atoms with Crippen molar-refractivity contribution in [3.63, 3.8) is 0 Å². The quantitative estimate of drug-likeness (QED) is 0.392. The van der Waals surface area contributed by atoms with Gasteiger partial charge < -0.3 is 9.72 Å². The Morgan fingerprint density at radius 3 is 2.66 bits per heavy atom. The molecule has 8 heteroatoms. The second kappa shape index (κ2) is 8.24. The average Bonchev–Trinajstić information content (AvgIpc) is 3.24. The zero-order chi connectivity index (χ0) is 20.2. The Bertz CT molecular complexity index is 1270. The predicted molar refractivity (Wildman–Crippen MR) is 111 cm³/mol. The van der Waals surface area contributed by atoms with Gasteiger partial charge in [-0.05, 0) is 18.6 Å². The fraction of sp³-hybridized carbons (Fsp3) is 0.143. The van der Waals surface area contributed by atoms with Gasteiger partial charge in [-0.3, -0.25) is 9.36 Å². The maximum Gasteiger partial charge on any atom is 0.357 e. The first-order chi connectivity index (χ1) is 14.1. The number of carbonyl (C=O) groups is 1. The van der Waals surface area contributed by atoms with E-state index >= 15 is 0 Å². The van der Waals surface area contributed by atoms with Crippen LogP contribution in [0.1, 0.15) is 16.9 Å². The molecule has 0 unspecified atom stereocenters. The molecular weight excluding hydrogens is 390 g/mol. The van der Waals surface area contributed by atoms with Gasteiger partial charge in [0.15, 0.2) is 5.69 Å². The Morgan fingerprint density at radius 2 is 1.83 bits per heavy atom. The molecule has 0 bridgehead atoms. The summed E-state index contributed by atoms with van der Waals surface area (Å²) < 4.78 is 6.36. The van der Waals surface area contributed by atoms with Crippen molar-refractivity contribution in [2.75, 3.05) is 6.61 Å². The van der Waals surface area contributed by atoms with Crippen molar-refractivity contribution in [2.24, 2.45) is 0 Å². The lowest BCUT2D eigenvalue weighted by molar-refractivity contribution is 0.0489. The first-order valence-corrected chi connectivity index (χ1v) is 9.91. The number of nitrogens with zero attached hydrogens (tertiary/aromatic N) is 2. The molecule has 0 saturated carbocycles. The molecule has 0 aliphatic heterocycles. The molecule has 0 saturated heterocycles. The first-order valence-electron chi connectivity index (χ1n) is 9.03. The van der Waals surface area contributed by atoms with Crippen molar-refractivity contribution in [1.29, 1.82) is 0 Å². The highest BCUT2D eigenvalue weighted by Gasteiger charge is 2.13. The summed E-state index contributed by atoms with van der Waals surface area (Å²) in [6.07, 6.45) is 0.336. The van der Waals surface area contributed by atoms with E-state index in [0.29, 0.717) is 17.3 Å². The molecule has 0 amide bonds. The topological polar surface area (TPSA) is 94.0 Å². The smallest absolute Gasteiger partial charge is 0.357 e. The van der Waals surface area contributed by atoms with E-state index in [0.717, 1.165) is 15.1 Å². The van der Waals surface area contributed by atoms with Gasteiger partial charge in [0.25, 0.3) is 5.56 Å². The van der Waals surface area contributed by atoms with E-state index in [1.54, 1.807) is 29.6 Å². The molecule has 0 fully saturated rings. The molecule has 0 aliphatic rings. The molecule has 29 heavy (non-hydrogen) atoms. The first kappa shape index (κ1) is 18.8. The maximum atomic E-state index is 12.5. The molecule has 2 aromatic carbocycles. The van der Waals surface area contributed by atoms with Gasteiger partial charge in [0.2, 0.25) is 0 Å². The van der Waals surface area contributed by atoms with E-state index in [4.69, 9.17) is 4.74 Å². The fourth-order valence-electron chi connectivity index (χ4n) is 2.94. The Balaban J connectivity index is 1.37. The molecule has 2 aromatic heterocycles. The van der Waals surface area contributed by atoms with Crippen LogP contribution in [-0.4, -0.2) is 27.1 Å². The Morgan fingerprint density at radius 1 is 1.07 bits per heavy atom. The van der Waals surface area contributed by atoms with Gasteiger partial charge in [-0.15, -0.1) is 11.3 Å². The number of H-pyrrole nitrogens is 1. The number of nitrogens with one attached hydrogen (secondary N) is 1. The van der Waals surface area contributed by atoms with Crippen LogP contribution in [0.4, 0.5) is 0 Å². The zero-order valence-electron chi connectivity index (χ0n) is 15.3. The fourth-order valence-corrected chi connectivity index (χ4v) is 3.74. The number of ether oxygens (including phenoxy) is 1. The van der Waals surface area contributed by atoms with Gasteiger partial charge in [0.05, 0.1) is 17.5 Å². The Labute approximate surface area is 169 Å². The van der Waals surface area contributed by atoms with Gasteiger partial charge >= 0.3 is 11.7 Å². The summed E-state index contributed by atoms with van der Waals surface area (Å²) in [7, 11) is 0. The summed E-state index contributed by atoms with van der Waals surface area (Å²) in [6, 6.07) is 16.4. The summed E-state index contributed by atoms with van der Waals surface area (Å²) in [5.74, 6) is -0.525.